The summed E-state index contributed by atoms with van der Waals surface area (Å²) in [5, 5.41) is 0. The van der Waals surface area contributed by atoms with Crippen molar-refractivity contribution >= 4 is 0 Å². The van der Waals surface area contributed by atoms with E-state index in [0.29, 0.717) is 0 Å². The van der Waals surface area contributed by atoms with E-state index in [2.05, 4.69) is 12.2 Å². The minimum absolute atomic E-state index is 0.207. The first-order valence-electron chi connectivity index (χ1n) is 3.21. The zero-order valence-electron chi connectivity index (χ0n) is 5.17. The maximum absolute atomic E-state index is 5.47. The molecule has 4 N–H and O–H groups in total. The second-order valence-electron chi connectivity index (χ2n) is 2.68. The van der Waals surface area contributed by atoms with Gasteiger partial charge in [0.15, 0.2) is 0 Å². The Morgan fingerprint density at radius 3 is 2.44 bits per heavy atom. The van der Waals surface area contributed by atoms with Gasteiger partial charge in [-0.3, -0.25) is 0 Å². The third-order valence-corrected chi connectivity index (χ3v) is 2.12. The Labute approximate surface area is 54.2 Å². The minimum atomic E-state index is -0.207. The molecule has 2 nitrogen and oxygen atoms in total. The molecule has 0 radical (unpaired) electrons. The third kappa shape index (κ3) is 0.519. The van der Waals surface area contributed by atoms with E-state index < -0.39 is 0 Å². The van der Waals surface area contributed by atoms with Gasteiger partial charge in [0.25, 0.3) is 0 Å². The Hall–Kier alpha value is -0.600. The van der Waals surface area contributed by atoms with Crippen LogP contribution >= 0.6 is 0 Å². The van der Waals surface area contributed by atoms with Crippen LogP contribution in [0.1, 0.15) is 6.42 Å². The summed E-state index contributed by atoms with van der Waals surface area (Å²) in [7, 11) is 0. The van der Waals surface area contributed by atoms with Crippen molar-refractivity contribution in [3.05, 3.63) is 23.3 Å². The molecule has 1 atom stereocenters. The summed E-state index contributed by atoms with van der Waals surface area (Å²) in [6, 6.07) is 0. The lowest BCUT2D eigenvalue weighted by Gasteiger charge is -2.37. The number of nitrogens with two attached hydrogens (primary N) is 2. The fraction of sp³-hybridized carbons (Fsp3) is 0.429. The highest BCUT2D eigenvalue weighted by Crippen LogP contribution is 2.43. The van der Waals surface area contributed by atoms with Gasteiger partial charge in [-0.05, 0) is 17.6 Å². The van der Waals surface area contributed by atoms with Crippen molar-refractivity contribution in [3.63, 3.8) is 0 Å². The molecular formula is C7H10N2. The second kappa shape index (κ2) is 1.46. The maximum Gasteiger partial charge on any atom is 0.0749 e. The molecule has 9 heavy (non-hydrogen) atoms. The average molecular weight is 122 g/mol. The lowest BCUT2D eigenvalue weighted by atomic mass is 9.69. The lowest BCUT2D eigenvalue weighted by molar-refractivity contribution is 0.566. The first-order valence-corrected chi connectivity index (χ1v) is 3.21. The molecule has 2 rings (SSSR count). The Kier molecular flexibility index (Phi) is 0.845. The van der Waals surface area contributed by atoms with Gasteiger partial charge in [-0.1, -0.05) is 12.2 Å². The zero-order valence-corrected chi connectivity index (χ0v) is 5.17. The van der Waals surface area contributed by atoms with E-state index in [-0.39, 0.29) is 6.17 Å². The SMILES string of the molecule is NC(N)C1=C2C=CC2C1. The highest BCUT2D eigenvalue weighted by atomic mass is 14.9. The topological polar surface area (TPSA) is 52.0 Å². The van der Waals surface area contributed by atoms with E-state index in [0.717, 1.165) is 12.3 Å². The van der Waals surface area contributed by atoms with Crippen LogP contribution in [0.4, 0.5) is 0 Å². The largest absolute Gasteiger partial charge is 0.313 e. The van der Waals surface area contributed by atoms with Crippen LogP contribution < -0.4 is 11.5 Å². The van der Waals surface area contributed by atoms with Crippen molar-refractivity contribution in [3.8, 4) is 0 Å². The third-order valence-electron chi connectivity index (χ3n) is 2.12. The van der Waals surface area contributed by atoms with Crippen LogP contribution in [-0.4, -0.2) is 6.17 Å². The number of allylic oxidation sites excluding steroid dienone is 3. The number of hydrogen-bond acceptors (Lipinski definition) is 2. The average Bonchev–Trinajstić information content (AvgIpc) is 1.76. The van der Waals surface area contributed by atoms with Crippen LogP contribution in [0.5, 0.6) is 0 Å². The van der Waals surface area contributed by atoms with Crippen LogP contribution in [0, 0.1) is 5.92 Å². The molecule has 2 aliphatic carbocycles. The van der Waals surface area contributed by atoms with Gasteiger partial charge < -0.3 is 11.5 Å². The normalized spacial score (nSPS) is 29.9. The summed E-state index contributed by atoms with van der Waals surface area (Å²) in [6.45, 7) is 0. The highest BCUT2D eigenvalue weighted by Gasteiger charge is 2.32. The number of fused-ring (bicyclic) bond motifs is 1. The highest BCUT2D eigenvalue weighted by molar-refractivity contribution is 5.49. The van der Waals surface area contributed by atoms with E-state index in [9.17, 15) is 0 Å². The number of hydrogen-bond donors (Lipinski definition) is 2. The van der Waals surface area contributed by atoms with Gasteiger partial charge in [-0.2, -0.15) is 0 Å². The van der Waals surface area contributed by atoms with Crippen LogP contribution in [0.2, 0.25) is 0 Å². The zero-order chi connectivity index (χ0) is 6.43. The van der Waals surface area contributed by atoms with E-state index in [4.69, 9.17) is 11.5 Å². The number of rotatable bonds is 1. The van der Waals surface area contributed by atoms with Crippen molar-refractivity contribution in [2.75, 3.05) is 0 Å². The standard InChI is InChI=1S/C7H10N2/c8-7(9)6-3-4-1-2-5(4)6/h1-2,4,7H,3,8-9H2. The Morgan fingerprint density at radius 1 is 1.56 bits per heavy atom. The molecule has 0 spiro atoms. The summed E-state index contributed by atoms with van der Waals surface area (Å²) < 4.78 is 0. The van der Waals surface area contributed by atoms with Crippen molar-refractivity contribution < 1.29 is 0 Å². The monoisotopic (exact) mass is 122 g/mol. The maximum atomic E-state index is 5.47. The minimum Gasteiger partial charge on any atom is -0.313 e. The molecule has 0 amide bonds. The molecule has 2 heteroatoms. The molecular weight excluding hydrogens is 112 g/mol. The molecule has 0 aliphatic heterocycles. The molecule has 2 aliphatic rings. The smallest absolute Gasteiger partial charge is 0.0749 e. The summed E-state index contributed by atoms with van der Waals surface area (Å²) in [5.41, 5.74) is 13.6. The van der Waals surface area contributed by atoms with Crippen LogP contribution in [0.3, 0.4) is 0 Å². The van der Waals surface area contributed by atoms with Gasteiger partial charge in [-0.25, -0.2) is 0 Å². The first-order chi connectivity index (χ1) is 4.29. The predicted molar refractivity (Wildman–Crippen MR) is 36.4 cm³/mol. The molecule has 0 fully saturated rings. The molecule has 48 valence electrons. The van der Waals surface area contributed by atoms with Crippen molar-refractivity contribution in [1.82, 2.24) is 0 Å². The molecule has 0 saturated heterocycles. The van der Waals surface area contributed by atoms with Crippen LogP contribution in [-0.2, 0) is 0 Å². The van der Waals surface area contributed by atoms with Gasteiger partial charge in [-0.15, -0.1) is 0 Å². The van der Waals surface area contributed by atoms with Gasteiger partial charge in [0.05, 0.1) is 6.17 Å². The molecule has 0 heterocycles. The molecule has 0 aromatic rings. The van der Waals surface area contributed by atoms with E-state index in [1.165, 1.54) is 11.1 Å². The van der Waals surface area contributed by atoms with Gasteiger partial charge >= 0.3 is 0 Å². The summed E-state index contributed by atoms with van der Waals surface area (Å²) in [5.74, 6) is 0.717. The lowest BCUT2D eigenvalue weighted by Crippen LogP contribution is -2.40. The van der Waals surface area contributed by atoms with Crippen molar-refractivity contribution in [1.29, 1.82) is 0 Å². The quantitative estimate of drug-likeness (QED) is 0.485. The Morgan fingerprint density at radius 2 is 2.33 bits per heavy atom. The molecule has 1 unspecified atom stereocenters. The van der Waals surface area contributed by atoms with Crippen LogP contribution in [0.15, 0.2) is 23.3 Å². The second-order valence-corrected chi connectivity index (χ2v) is 2.68. The van der Waals surface area contributed by atoms with Gasteiger partial charge in [0, 0.05) is 5.92 Å². The molecule has 0 aromatic heterocycles. The summed E-state index contributed by atoms with van der Waals surface area (Å²) in [6.07, 6.45) is 5.20. The Bertz CT molecular complexity index is 201. The predicted octanol–water partition coefficient (Wildman–Crippen LogP) is 0.116. The molecule has 0 bridgehead atoms. The first kappa shape index (κ1) is 5.21. The fourth-order valence-corrected chi connectivity index (χ4v) is 1.40. The van der Waals surface area contributed by atoms with E-state index in [1.807, 2.05) is 0 Å². The van der Waals surface area contributed by atoms with Gasteiger partial charge in [0.1, 0.15) is 0 Å². The molecule has 0 aromatic carbocycles. The van der Waals surface area contributed by atoms with Crippen LogP contribution in [0.25, 0.3) is 0 Å². The Balaban J connectivity index is 2.25. The van der Waals surface area contributed by atoms with Gasteiger partial charge in [0.2, 0.25) is 0 Å². The van der Waals surface area contributed by atoms with E-state index >= 15 is 0 Å². The van der Waals surface area contributed by atoms with Crippen molar-refractivity contribution in [2.45, 2.75) is 12.6 Å². The fourth-order valence-electron chi connectivity index (χ4n) is 1.40. The van der Waals surface area contributed by atoms with Crippen molar-refractivity contribution in [2.24, 2.45) is 17.4 Å². The summed E-state index contributed by atoms with van der Waals surface area (Å²) in [4.78, 5) is 0. The summed E-state index contributed by atoms with van der Waals surface area (Å²) >= 11 is 0. The van der Waals surface area contributed by atoms with E-state index in [1.54, 1.807) is 0 Å². The molecule has 0 saturated carbocycles.